The molecular formula is C10H5ClO4. The first-order valence-corrected chi connectivity index (χ1v) is 4.41. The first-order chi connectivity index (χ1) is 7.11. The van der Waals surface area contributed by atoms with Crippen molar-refractivity contribution in [1.29, 1.82) is 0 Å². The average molecular weight is 225 g/mol. The van der Waals surface area contributed by atoms with Crippen LogP contribution in [0.1, 0.15) is 20.9 Å². The number of hydrogen-bond donors (Lipinski definition) is 1. The lowest BCUT2D eigenvalue weighted by Gasteiger charge is -1.94. The smallest absolute Gasteiger partial charge is 0.371 e. The first-order valence-electron chi connectivity index (χ1n) is 4.03. The molecule has 0 aliphatic carbocycles. The second-order valence-corrected chi connectivity index (χ2v) is 3.35. The van der Waals surface area contributed by atoms with Crippen LogP contribution in [0, 0.1) is 0 Å². The van der Waals surface area contributed by atoms with Crippen LogP contribution in [-0.4, -0.2) is 17.4 Å². The molecular weight excluding hydrogens is 220 g/mol. The van der Waals surface area contributed by atoms with E-state index in [2.05, 4.69) is 0 Å². The number of furan rings is 1. The van der Waals surface area contributed by atoms with E-state index in [4.69, 9.17) is 21.1 Å². The van der Waals surface area contributed by atoms with E-state index in [0.29, 0.717) is 22.8 Å². The molecule has 0 saturated heterocycles. The molecule has 2 rings (SSSR count). The molecule has 2 aromatic rings. The number of carbonyl (C=O) groups is 2. The van der Waals surface area contributed by atoms with Crippen LogP contribution in [0.15, 0.2) is 22.6 Å². The van der Waals surface area contributed by atoms with Gasteiger partial charge in [0.1, 0.15) is 5.58 Å². The molecule has 76 valence electrons. The molecule has 0 atom stereocenters. The van der Waals surface area contributed by atoms with Gasteiger partial charge in [0, 0.05) is 17.0 Å². The summed E-state index contributed by atoms with van der Waals surface area (Å²) in [6.07, 6.45) is 0.606. The molecule has 5 heteroatoms. The number of benzene rings is 1. The second-order valence-electron chi connectivity index (χ2n) is 2.95. The van der Waals surface area contributed by atoms with Gasteiger partial charge in [0.15, 0.2) is 6.29 Å². The van der Waals surface area contributed by atoms with E-state index in [0.717, 1.165) is 0 Å². The summed E-state index contributed by atoms with van der Waals surface area (Å²) in [5, 5.41) is 9.47. The Bertz CT molecular complexity index is 556. The highest BCUT2D eigenvalue weighted by molar-refractivity contribution is 6.33. The minimum absolute atomic E-state index is 0.177. The Morgan fingerprint density at radius 3 is 2.73 bits per heavy atom. The summed E-state index contributed by atoms with van der Waals surface area (Å²) in [6, 6.07) is 4.26. The molecule has 0 aliphatic rings. The molecule has 1 heterocycles. The van der Waals surface area contributed by atoms with Crippen molar-refractivity contribution < 1.29 is 19.1 Å². The lowest BCUT2D eigenvalue weighted by atomic mass is 10.2. The van der Waals surface area contributed by atoms with Crippen molar-refractivity contribution in [1.82, 2.24) is 0 Å². The van der Waals surface area contributed by atoms with Gasteiger partial charge in [0.25, 0.3) is 0 Å². The molecule has 1 N–H and O–H groups in total. The molecule has 0 saturated carbocycles. The van der Waals surface area contributed by atoms with Crippen LogP contribution in [0.2, 0.25) is 5.02 Å². The van der Waals surface area contributed by atoms with Gasteiger partial charge in [-0.1, -0.05) is 11.6 Å². The fourth-order valence-electron chi connectivity index (χ4n) is 1.28. The van der Waals surface area contributed by atoms with Crippen LogP contribution >= 0.6 is 11.6 Å². The maximum absolute atomic E-state index is 10.6. The number of rotatable bonds is 2. The quantitative estimate of drug-likeness (QED) is 0.796. The Morgan fingerprint density at radius 2 is 2.13 bits per heavy atom. The number of carboxylic acids is 1. The number of fused-ring (bicyclic) bond motifs is 1. The SMILES string of the molecule is O=Cc1cc2cc(C(=O)O)oc2cc1Cl. The van der Waals surface area contributed by atoms with Crippen molar-refractivity contribution in [3.05, 3.63) is 34.5 Å². The number of hydrogen-bond acceptors (Lipinski definition) is 3. The second kappa shape index (κ2) is 3.40. The number of halogens is 1. The molecule has 0 aliphatic heterocycles. The Balaban J connectivity index is 2.71. The summed E-state index contributed by atoms with van der Waals surface area (Å²) in [5.74, 6) is -1.33. The maximum Gasteiger partial charge on any atom is 0.371 e. The van der Waals surface area contributed by atoms with E-state index in [9.17, 15) is 9.59 Å². The minimum Gasteiger partial charge on any atom is -0.475 e. The normalized spacial score (nSPS) is 10.5. The molecule has 0 spiro atoms. The molecule has 0 unspecified atom stereocenters. The van der Waals surface area contributed by atoms with Crippen LogP contribution in [0.25, 0.3) is 11.0 Å². The summed E-state index contributed by atoms with van der Waals surface area (Å²) < 4.78 is 5.01. The van der Waals surface area contributed by atoms with Gasteiger partial charge < -0.3 is 9.52 Å². The molecule has 1 aromatic carbocycles. The van der Waals surface area contributed by atoms with E-state index >= 15 is 0 Å². The maximum atomic E-state index is 10.6. The van der Waals surface area contributed by atoms with Gasteiger partial charge >= 0.3 is 5.97 Å². The average Bonchev–Trinajstić information content (AvgIpc) is 2.59. The predicted molar refractivity (Wildman–Crippen MR) is 53.6 cm³/mol. The standard InChI is InChI=1S/C10H5ClO4/c11-7-3-8-5(1-6(7)4-12)2-9(15-8)10(13)14/h1-4H,(H,13,14). The highest BCUT2D eigenvalue weighted by Gasteiger charge is 2.12. The molecule has 1 aromatic heterocycles. The van der Waals surface area contributed by atoms with E-state index in [1.165, 1.54) is 18.2 Å². The van der Waals surface area contributed by atoms with E-state index < -0.39 is 5.97 Å². The minimum atomic E-state index is -1.16. The van der Waals surface area contributed by atoms with Crippen molar-refractivity contribution in [3.63, 3.8) is 0 Å². The lowest BCUT2D eigenvalue weighted by molar-refractivity contribution is 0.0665. The monoisotopic (exact) mass is 224 g/mol. The third-order valence-electron chi connectivity index (χ3n) is 1.97. The van der Waals surface area contributed by atoms with Crippen LogP contribution in [-0.2, 0) is 0 Å². The number of aromatic carboxylic acids is 1. The zero-order valence-electron chi connectivity index (χ0n) is 7.36. The first kappa shape index (κ1) is 9.73. The third kappa shape index (κ3) is 1.59. The zero-order valence-corrected chi connectivity index (χ0v) is 8.12. The fourth-order valence-corrected chi connectivity index (χ4v) is 1.47. The number of aldehydes is 1. The molecule has 0 amide bonds. The van der Waals surface area contributed by atoms with Gasteiger partial charge in [-0.2, -0.15) is 0 Å². The highest BCUT2D eigenvalue weighted by atomic mass is 35.5. The van der Waals surface area contributed by atoms with Gasteiger partial charge in [-0.05, 0) is 12.1 Å². The van der Waals surface area contributed by atoms with Gasteiger partial charge in [0.2, 0.25) is 5.76 Å². The third-order valence-corrected chi connectivity index (χ3v) is 2.30. The topological polar surface area (TPSA) is 67.5 Å². The largest absolute Gasteiger partial charge is 0.475 e. The van der Waals surface area contributed by atoms with Crippen molar-refractivity contribution in [3.8, 4) is 0 Å². The molecule has 4 nitrogen and oxygen atoms in total. The molecule has 0 bridgehead atoms. The van der Waals surface area contributed by atoms with E-state index in [1.807, 2.05) is 0 Å². The fraction of sp³-hybridized carbons (Fsp3) is 0. The Kier molecular flexibility index (Phi) is 2.21. The summed E-state index contributed by atoms with van der Waals surface area (Å²) >= 11 is 5.75. The summed E-state index contributed by atoms with van der Waals surface area (Å²) in [5.41, 5.74) is 0.657. The van der Waals surface area contributed by atoms with Crippen LogP contribution in [0.5, 0.6) is 0 Å². The molecule has 15 heavy (non-hydrogen) atoms. The number of carboxylic acid groups (broad SMARTS) is 1. The number of carbonyl (C=O) groups excluding carboxylic acids is 1. The summed E-state index contributed by atoms with van der Waals surface area (Å²) in [6.45, 7) is 0. The van der Waals surface area contributed by atoms with Crippen molar-refractivity contribution in [2.45, 2.75) is 0 Å². The van der Waals surface area contributed by atoms with Gasteiger partial charge in [-0.3, -0.25) is 4.79 Å². The summed E-state index contributed by atoms with van der Waals surface area (Å²) in [7, 11) is 0. The van der Waals surface area contributed by atoms with Gasteiger partial charge in [-0.15, -0.1) is 0 Å². The Morgan fingerprint density at radius 1 is 1.40 bits per heavy atom. The van der Waals surface area contributed by atoms with E-state index in [1.54, 1.807) is 0 Å². The van der Waals surface area contributed by atoms with Gasteiger partial charge in [0.05, 0.1) is 5.02 Å². The molecule has 0 radical (unpaired) electrons. The molecule has 0 fully saturated rings. The van der Waals surface area contributed by atoms with Crippen LogP contribution < -0.4 is 0 Å². The Labute approximate surface area is 89.1 Å². The zero-order chi connectivity index (χ0) is 11.0. The van der Waals surface area contributed by atoms with Crippen molar-refractivity contribution in [2.24, 2.45) is 0 Å². The van der Waals surface area contributed by atoms with Crippen LogP contribution in [0.4, 0.5) is 0 Å². The van der Waals surface area contributed by atoms with Crippen molar-refractivity contribution >= 4 is 34.8 Å². The predicted octanol–water partition coefficient (Wildman–Crippen LogP) is 2.60. The van der Waals surface area contributed by atoms with Crippen molar-refractivity contribution in [2.75, 3.05) is 0 Å². The summed E-state index contributed by atoms with van der Waals surface area (Å²) in [4.78, 5) is 21.2. The van der Waals surface area contributed by atoms with Crippen LogP contribution in [0.3, 0.4) is 0 Å². The van der Waals surface area contributed by atoms with Gasteiger partial charge in [-0.25, -0.2) is 4.79 Å². The highest BCUT2D eigenvalue weighted by Crippen LogP contribution is 2.25. The Hall–Kier alpha value is -1.81. The lowest BCUT2D eigenvalue weighted by Crippen LogP contribution is -1.91. The van der Waals surface area contributed by atoms with E-state index in [-0.39, 0.29) is 10.8 Å².